The maximum absolute atomic E-state index is 13.0. The number of sulfonamides is 1. The second-order valence-electron chi connectivity index (χ2n) is 6.59. The molecule has 29 heavy (non-hydrogen) atoms. The molecule has 0 unspecified atom stereocenters. The minimum absolute atomic E-state index is 0.172. The largest absolute Gasteiger partial charge is 0.419 e. The van der Waals surface area contributed by atoms with Crippen molar-refractivity contribution in [3.8, 4) is 11.5 Å². The van der Waals surface area contributed by atoms with E-state index in [4.69, 9.17) is 4.42 Å². The van der Waals surface area contributed by atoms with E-state index in [2.05, 4.69) is 14.9 Å². The van der Waals surface area contributed by atoms with Crippen LogP contribution in [0.5, 0.6) is 0 Å². The second kappa shape index (κ2) is 7.98. The minimum Gasteiger partial charge on any atom is -0.419 e. The van der Waals surface area contributed by atoms with Gasteiger partial charge in [-0.25, -0.2) is 8.42 Å². The summed E-state index contributed by atoms with van der Waals surface area (Å²) in [5.41, 5.74) is 2.44. The summed E-state index contributed by atoms with van der Waals surface area (Å²) < 4.78 is 34.5. The number of nitrogens with one attached hydrogen (secondary N) is 1. The van der Waals surface area contributed by atoms with Gasteiger partial charge in [0, 0.05) is 5.56 Å². The van der Waals surface area contributed by atoms with E-state index in [1.165, 1.54) is 0 Å². The Labute approximate surface area is 169 Å². The molecule has 1 atom stereocenters. The van der Waals surface area contributed by atoms with E-state index in [-0.39, 0.29) is 10.8 Å². The molecule has 1 aromatic heterocycles. The molecular weight excluding hydrogens is 386 g/mol. The third-order valence-electron chi connectivity index (χ3n) is 4.45. The van der Waals surface area contributed by atoms with Crippen LogP contribution < -0.4 is 4.72 Å². The van der Waals surface area contributed by atoms with Gasteiger partial charge in [0.25, 0.3) is 0 Å². The van der Waals surface area contributed by atoms with Gasteiger partial charge < -0.3 is 4.42 Å². The molecule has 0 spiro atoms. The zero-order valence-corrected chi connectivity index (χ0v) is 16.5. The highest BCUT2D eigenvalue weighted by Gasteiger charge is 2.27. The van der Waals surface area contributed by atoms with Gasteiger partial charge in [-0.1, -0.05) is 66.2 Å². The van der Waals surface area contributed by atoms with E-state index in [9.17, 15) is 8.42 Å². The Hall–Kier alpha value is -3.29. The van der Waals surface area contributed by atoms with Crippen molar-refractivity contribution < 1.29 is 12.8 Å². The summed E-state index contributed by atoms with van der Waals surface area (Å²) in [4.78, 5) is 0.173. The van der Waals surface area contributed by atoms with E-state index < -0.39 is 16.1 Å². The van der Waals surface area contributed by atoms with Gasteiger partial charge in [0.15, 0.2) is 0 Å². The Morgan fingerprint density at radius 1 is 0.828 bits per heavy atom. The lowest BCUT2D eigenvalue weighted by molar-refractivity contribution is 0.464. The molecule has 3 aromatic carbocycles. The number of hydrogen-bond acceptors (Lipinski definition) is 5. The van der Waals surface area contributed by atoms with Crippen molar-refractivity contribution in [2.24, 2.45) is 0 Å². The van der Waals surface area contributed by atoms with Gasteiger partial charge in [-0.3, -0.25) is 0 Å². The highest BCUT2D eigenvalue weighted by molar-refractivity contribution is 7.89. The van der Waals surface area contributed by atoms with Crippen LogP contribution in [0.2, 0.25) is 0 Å². The Balaban J connectivity index is 1.72. The Morgan fingerprint density at radius 2 is 1.45 bits per heavy atom. The lowest BCUT2D eigenvalue weighted by Crippen LogP contribution is -2.29. The Kier molecular flexibility index (Phi) is 5.24. The number of aryl methyl sites for hydroxylation is 1. The van der Waals surface area contributed by atoms with Crippen molar-refractivity contribution in [2.45, 2.75) is 17.9 Å². The topological polar surface area (TPSA) is 85.1 Å². The van der Waals surface area contributed by atoms with E-state index >= 15 is 0 Å². The summed E-state index contributed by atoms with van der Waals surface area (Å²) in [5, 5.41) is 8.21. The lowest BCUT2D eigenvalue weighted by Gasteiger charge is -2.16. The molecule has 0 fully saturated rings. The van der Waals surface area contributed by atoms with Crippen LogP contribution in [0.25, 0.3) is 11.5 Å². The van der Waals surface area contributed by atoms with Gasteiger partial charge in [-0.2, -0.15) is 4.72 Å². The standard InChI is InChI=1S/C22H19N3O3S/c1-16-12-14-19(15-13-16)29(26,27)25-20(17-8-4-2-5-9-17)22-24-23-21(28-22)18-10-6-3-7-11-18/h2-15,20,25H,1H3/t20-/m1/s1. The predicted octanol–water partition coefficient (Wildman–Crippen LogP) is 4.11. The minimum atomic E-state index is -3.81. The van der Waals surface area contributed by atoms with Crippen molar-refractivity contribution in [1.82, 2.24) is 14.9 Å². The molecule has 146 valence electrons. The predicted molar refractivity (Wildman–Crippen MR) is 110 cm³/mol. The van der Waals surface area contributed by atoms with Crippen LogP contribution in [0.3, 0.4) is 0 Å². The third kappa shape index (κ3) is 4.26. The van der Waals surface area contributed by atoms with Crippen LogP contribution in [0, 0.1) is 6.92 Å². The molecule has 0 aliphatic rings. The van der Waals surface area contributed by atoms with Crippen LogP contribution in [-0.2, 0) is 10.0 Å². The average Bonchev–Trinajstić information content (AvgIpc) is 3.24. The van der Waals surface area contributed by atoms with Crippen LogP contribution in [0.4, 0.5) is 0 Å². The van der Waals surface area contributed by atoms with E-state index in [0.29, 0.717) is 11.5 Å². The van der Waals surface area contributed by atoms with Crippen molar-refractivity contribution in [2.75, 3.05) is 0 Å². The molecule has 1 N–H and O–H groups in total. The maximum Gasteiger partial charge on any atom is 0.247 e. The first-order chi connectivity index (χ1) is 14.0. The monoisotopic (exact) mass is 405 g/mol. The number of rotatable bonds is 6. The molecule has 4 rings (SSSR count). The fourth-order valence-corrected chi connectivity index (χ4v) is 4.07. The summed E-state index contributed by atoms with van der Waals surface area (Å²) in [6.07, 6.45) is 0. The van der Waals surface area contributed by atoms with Gasteiger partial charge in [-0.15, -0.1) is 10.2 Å². The fourth-order valence-electron chi connectivity index (χ4n) is 2.90. The summed E-state index contributed by atoms with van der Waals surface area (Å²) in [6.45, 7) is 1.90. The first-order valence-corrected chi connectivity index (χ1v) is 10.5. The Morgan fingerprint density at radius 3 is 2.10 bits per heavy atom. The van der Waals surface area contributed by atoms with E-state index in [0.717, 1.165) is 11.1 Å². The second-order valence-corrected chi connectivity index (χ2v) is 8.30. The number of hydrogen-bond donors (Lipinski definition) is 1. The first kappa shape index (κ1) is 19.0. The van der Waals surface area contributed by atoms with Gasteiger partial charge in [0.05, 0.1) is 4.90 Å². The molecule has 0 saturated heterocycles. The Bertz CT molecular complexity index is 1190. The average molecular weight is 405 g/mol. The quantitative estimate of drug-likeness (QED) is 0.522. The lowest BCUT2D eigenvalue weighted by atomic mass is 10.1. The molecular formula is C22H19N3O3S. The van der Waals surface area contributed by atoms with Gasteiger partial charge in [-0.05, 0) is 36.8 Å². The van der Waals surface area contributed by atoms with E-state index in [1.54, 1.807) is 24.3 Å². The maximum atomic E-state index is 13.0. The zero-order chi connectivity index (χ0) is 20.3. The molecule has 6 nitrogen and oxygen atoms in total. The van der Waals surface area contributed by atoms with Gasteiger partial charge in [0.2, 0.25) is 21.8 Å². The third-order valence-corrected chi connectivity index (χ3v) is 5.88. The van der Waals surface area contributed by atoms with Crippen molar-refractivity contribution in [3.63, 3.8) is 0 Å². The number of benzene rings is 3. The molecule has 4 aromatic rings. The summed E-state index contributed by atoms with van der Waals surface area (Å²) in [5.74, 6) is 0.502. The summed E-state index contributed by atoms with van der Waals surface area (Å²) in [7, 11) is -3.81. The van der Waals surface area contributed by atoms with Crippen LogP contribution in [0.15, 0.2) is 94.2 Å². The SMILES string of the molecule is Cc1ccc(S(=O)(=O)N[C@H](c2ccccc2)c2nnc(-c3ccccc3)o2)cc1. The molecule has 0 radical (unpaired) electrons. The van der Waals surface area contributed by atoms with E-state index in [1.807, 2.05) is 67.6 Å². The zero-order valence-electron chi connectivity index (χ0n) is 15.7. The summed E-state index contributed by atoms with van der Waals surface area (Å²) in [6, 6.07) is 24.3. The van der Waals surface area contributed by atoms with Crippen molar-refractivity contribution in [1.29, 1.82) is 0 Å². The van der Waals surface area contributed by atoms with Gasteiger partial charge in [0.1, 0.15) is 6.04 Å². The molecule has 0 saturated carbocycles. The molecule has 0 aliphatic carbocycles. The highest BCUT2D eigenvalue weighted by Crippen LogP contribution is 2.26. The first-order valence-electron chi connectivity index (χ1n) is 9.06. The fraction of sp³-hybridized carbons (Fsp3) is 0.0909. The number of aromatic nitrogens is 2. The smallest absolute Gasteiger partial charge is 0.247 e. The molecule has 0 amide bonds. The van der Waals surface area contributed by atoms with Crippen molar-refractivity contribution in [3.05, 3.63) is 102 Å². The molecule has 1 heterocycles. The molecule has 0 aliphatic heterocycles. The van der Waals surface area contributed by atoms with Crippen LogP contribution in [-0.4, -0.2) is 18.6 Å². The normalized spacial score (nSPS) is 12.6. The molecule has 0 bridgehead atoms. The summed E-state index contributed by atoms with van der Waals surface area (Å²) >= 11 is 0. The highest BCUT2D eigenvalue weighted by atomic mass is 32.2. The van der Waals surface area contributed by atoms with Crippen LogP contribution in [0.1, 0.15) is 23.1 Å². The van der Waals surface area contributed by atoms with Crippen LogP contribution >= 0.6 is 0 Å². The molecule has 7 heteroatoms. The van der Waals surface area contributed by atoms with Crippen molar-refractivity contribution >= 4 is 10.0 Å². The number of nitrogens with zero attached hydrogens (tertiary/aromatic N) is 2. The van der Waals surface area contributed by atoms with Gasteiger partial charge >= 0.3 is 0 Å².